The molecule has 2 aromatic rings. The summed E-state index contributed by atoms with van der Waals surface area (Å²) in [7, 11) is 0. The van der Waals surface area contributed by atoms with Gasteiger partial charge in [0, 0.05) is 24.0 Å². The zero-order chi connectivity index (χ0) is 19.4. The Labute approximate surface area is 150 Å². The standard InChI is InChI=1S/C19H22O7/c20-17(15-5-1-13(2-6-15)9-11-18(21,22)23)16-7-3-14(4-8-16)10-12-19(24,25)26/h1-8,21-26H,9-12H2. The van der Waals surface area contributed by atoms with Crippen LogP contribution in [-0.2, 0) is 12.8 Å². The third-order valence-electron chi connectivity index (χ3n) is 3.93. The van der Waals surface area contributed by atoms with Crippen LogP contribution in [0.5, 0.6) is 0 Å². The first-order valence-corrected chi connectivity index (χ1v) is 8.10. The monoisotopic (exact) mass is 362 g/mol. The van der Waals surface area contributed by atoms with Crippen LogP contribution in [0.4, 0.5) is 0 Å². The fraction of sp³-hybridized carbons (Fsp3) is 0.316. The molecule has 2 rings (SSSR count). The third-order valence-corrected chi connectivity index (χ3v) is 3.93. The molecule has 0 radical (unpaired) electrons. The number of aliphatic hydroxyl groups is 6. The average molecular weight is 362 g/mol. The van der Waals surface area contributed by atoms with E-state index in [2.05, 4.69) is 0 Å². The van der Waals surface area contributed by atoms with Crippen LogP contribution in [0.15, 0.2) is 48.5 Å². The minimum absolute atomic E-state index is 0.190. The lowest BCUT2D eigenvalue weighted by Gasteiger charge is -2.13. The molecule has 0 saturated heterocycles. The van der Waals surface area contributed by atoms with Crippen molar-refractivity contribution in [1.82, 2.24) is 0 Å². The number of benzene rings is 2. The average Bonchev–Trinajstić information content (AvgIpc) is 2.57. The van der Waals surface area contributed by atoms with Crippen molar-refractivity contribution in [2.24, 2.45) is 0 Å². The minimum atomic E-state index is -2.71. The summed E-state index contributed by atoms with van der Waals surface area (Å²) in [6.07, 6.45) is 0.0145. The summed E-state index contributed by atoms with van der Waals surface area (Å²) in [6, 6.07) is 13.2. The Hall–Kier alpha value is -2.13. The van der Waals surface area contributed by atoms with Gasteiger partial charge in [0.1, 0.15) is 0 Å². The Morgan fingerprint density at radius 2 is 0.923 bits per heavy atom. The van der Waals surface area contributed by atoms with E-state index in [0.717, 1.165) is 11.1 Å². The molecule has 140 valence electrons. The van der Waals surface area contributed by atoms with E-state index >= 15 is 0 Å². The van der Waals surface area contributed by atoms with Gasteiger partial charge in [-0.25, -0.2) is 0 Å². The lowest BCUT2D eigenvalue weighted by Crippen LogP contribution is -2.27. The summed E-state index contributed by atoms with van der Waals surface area (Å²) in [5.41, 5.74) is 2.42. The first-order chi connectivity index (χ1) is 12.0. The number of carbonyl (C=O) groups excluding carboxylic acids is 1. The second-order valence-corrected chi connectivity index (χ2v) is 6.27. The summed E-state index contributed by atoms with van der Waals surface area (Å²) in [6.45, 7) is 0. The molecule has 2 aromatic carbocycles. The van der Waals surface area contributed by atoms with E-state index in [1.807, 2.05) is 0 Å². The SMILES string of the molecule is O=C(c1ccc(CCC(O)(O)O)cc1)c1ccc(CCC(O)(O)O)cc1. The Balaban J connectivity index is 2.00. The Morgan fingerprint density at radius 1 is 0.615 bits per heavy atom. The van der Waals surface area contributed by atoms with Crippen LogP contribution in [0.3, 0.4) is 0 Å². The smallest absolute Gasteiger partial charge is 0.275 e. The largest absolute Gasteiger partial charge is 0.344 e. The second kappa shape index (κ2) is 8.05. The van der Waals surface area contributed by atoms with Crippen molar-refractivity contribution in [3.63, 3.8) is 0 Å². The molecule has 0 aromatic heterocycles. The van der Waals surface area contributed by atoms with Crippen molar-refractivity contribution in [3.05, 3.63) is 70.8 Å². The van der Waals surface area contributed by atoms with Gasteiger partial charge in [-0.05, 0) is 24.0 Å². The van der Waals surface area contributed by atoms with Gasteiger partial charge in [-0.1, -0.05) is 48.5 Å². The number of ketones is 1. The van der Waals surface area contributed by atoms with E-state index in [4.69, 9.17) is 30.6 Å². The van der Waals surface area contributed by atoms with Crippen LogP contribution < -0.4 is 0 Å². The molecule has 0 fully saturated rings. The molecule has 0 unspecified atom stereocenters. The van der Waals surface area contributed by atoms with Crippen LogP contribution in [-0.4, -0.2) is 48.4 Å². The minimum Gasteiger partial charge on any atom is -0.344 e. The normalized spacial score (nSPS) is 12.2. The highest BCUT2D eigenvalue weighted by molar-refractivity contribution is 6.08. The maximum absolute atomic E-state index is 12.5. The lowest BCUT2D eigenvalue weighted by molar-refractivity contribution is -0.315. The Bertz CT molecular complexity index is 659. The topological polar surface area (TPSA) is 138 Å². The summed E-state index contributed by atoms with van der Waals surface area (Å²) >= 11 is 0. The molecule has 0 spiro atoms. The molecule has 7 nitrogen and oxygen atoms in total. The van der Waals surface area contributed by atoms with Crippen molar-refractivity contribution in [3.8, 4) is 0 Å². The predicted octanol–water partition coefficient (Wildman–Crippen LogP) is 0.0442. The van der Waals surface area contributed by atoms with Gasteiger partial charge < -0.3 is 30.6 Å². The molecule has 0 aliphatic carbocycles. The van der Waals surface area contributed by atoms with Crippen molar-refractivity contribution >= 4 is 5.78 Å². The molecular weight excluding hydrogens is 340 g/mol. The molecule has 7 heteroatoms. The second-order valence-electron chi connectivity index (χ2n) is 6.27. The molecule has 6 N–H and O–H groups in total. The molecule has 0 aliphatic heterocycles. The van der Waals surface area contributed by atoms with E-state index in [1.54, 1.807) is 48.5 Å². The summed E-state index contributed by atoms with van der Waals surface area (Å²) < 4.78 is 0. The zero-order valence-electron chi connectivity index (χ0n) is 14.0. The summed E-state index contributed by atoms with van der Waals surface area (Å²) in [5, 5.41) is 53.3. The molecule has 0 saturated carbocycles. The van der Waals surface area contributed by atoms with Gasteiger partial charge in [-0.15, -0.1) is 0 Å². The van der Waals surface area contributed by atoms with Crippen LogP contribution in [0.2, 0.25) is 0 Å². The summed E-state index contributed by atoms with van der Waals surface area (Å²) in [4.78, 5) is 12.5. The highest BCUT2D eigenvalue weighted by atomic mass is 16.7. The van der Waals surface area contributed by atoms with Crippen LogP contribution in [0, 0.1) is 0 Å². The maximum Gasteiger partial charge on any atom is 0.275 e. The number of aryl methyl sites for hydroxylation is 2. The molecule has 0 aliphatic rings. The first kappa shape index (κ1) is 20.2. The number of carbonyl (C=O) groups is 1. The van der Waals surface area contributed by atoms with Crippen molar-refractivity contribution in [2.45, 2.75) is 37.6 Å². The van der Waals surface area contributed by atoms with Gasteiger partial charge in [-0.3, -0.25) is 4.79 Å². The molecule has 0 amide bonds. The lowest BCUT2D eigenvalue weighted by atomic mass is 9.99. The number of hydrogen-bond donors (Lipinski definition) is 6. The molecular formula is C19H22O7. The molecule has 0 heterocycles. The first-order valence-electron chi connectivity index (χ1n) is 8.10. The van der Waals surface area contributed by atoms with Gasteiger partial charge in [0.05, 0.1) is 0 Å². The van der Waals surface area contributed by atoms with Gasteiger partial charge in [0.15, 0.2) is 5.78 Å². The maximum atomic E-state index is 12.5. The van der Waals surface area contributed by atoms with Crippen LogP contribution >= 0.6 is 0 Å². The zero-order valence-corrected chi connectivity index (χ0v) is 14.0. The highest BCUT2D eigenvalue weighted by Gasteiger charge is 2.18. The number of hydrogen-bond acceptors (Lipinski definition) is 7. The Kier molecular flexibility index (Phi) is 6.25. The quantitative estimate of drug-likeness (QED) is 0.288. The van der Waals surface area contributed by atoms with E-state index in [9.17, 15) is 4.79 Å². The van der Waals surface area contributed by atoms with E-state index < -0.39 is 11.9 Å². The van der Waals surface area contributed by atoms with Gasteiger partial charge >= 0.3 is 0 Å². The molecule has 26 heavy (non-hydrogen) atoms. The van der Waals surface area contributed by atoms with E-state index in [-0.39, 0.29) is 31.5 Å². The highest BCUT2D eigenvalue weighted by Crippen LogP contribution is 2.16. The van der Waals surface area contributed by atoms with Crippen molar-refractivity contribution in [1.29, 1.82) is 0 Å². The van der Waals surface area contributed by atoms with Crippen LogP contribution in [0.25, 0.3) is 0 Å². The molecule has 0 atom stereocenters. The van der Waals surface area contributed by atoms with E-state index in [0.29, 0.717) is 11.1 Å². The fourth-order valence-corrected chi connectivity index (χ4v) is 2.44. The number of rotatable bonds is 8. The summed E-state index contributed by atoms with van der Waals surface area (Å²) in [5.74, 6) is -5.61. The van der Waals surface area contributed by atoms with Crippen LogP contribution in [0.1, 0.15) is 39.9 Å². The van der Waals surface area contributed by atoms with Crippen molar-refractivity contribution < 1.29 is 35.4 Å². The predicted molar refractivity (Wildman–Crippen MR) is 91.7 cm³/mol. The van der Waals surface area contributed by atoms with Crippen molar-refractivity contribution in [2.75, 3.05) is 0 Å². The van der Waals surface area contributed by atoms with Gasteiger partial charge in [-0.2, -0.15) is 0 Å². The fourth-order valence-electron chi connectivity index (χ4n) is 2.44. The molecule has 0 bridgehead atoms. The van der Waals surface area contributed by atoms with Gasteiger partial charge in [0.25, 0.3) is 11.9 Å². The van der Waals surface area contributed by atoms with Gasteiger partial charge in [0.2, 0.25) is 0 Å². The third kappa shape index (κ3) is 6.64. The van der Waals surface area contributed by atoms with E-state index in [1.165, 1.54) is 0 Å². The Morgan fingerprint density at radius 3 is 1.19 bits per heavy atom.